The van der Waals surface area contributed by atoms with E-state index < -0.39 is 47.7 Å². The first-order valence-corrected chi connectivity index (χ1v) is 24.5. The Morgan fingerprint density at radius 2 is 1.73 bits per heavy atom. The highest BCUT2D eigenvalue weighted by Gasteiger charge is 2.44. The fourth-order valence-electron chi connectivity index (χ4n) is 7.94. The Balaban J connectivity index is 0.926. The number of carbonyl (C=O) groups is 5. The molecular weight excluding hydrogens is 914 g/mol. The molecule has 17 nitrogen and oxygen atoms in total. The highest BCUT2D eigenvalue weighted by Crippen LogP contribution is 2.39. The number of β-amino-alcohol motifs (C(OH)–C–C–N with tert-alkyl or cyclic N) is 1. The van der Waals surface area contributed by atoms with E-state index in [9.17, 15) is 29.1 Å². The van der Waals surface area contributed by atoms with Crippen molar-refractivity contribution in [2.24, 2.45) is 11.1 Å². The minimum absolute atomic E-state index is 0.0391. The number of aliphatic hydroxyl groups is 1. The number of nitrogens with zero attached hydrogens (tertiary/aromatic N) is 5. The van der Waals surface area contributed by atoms with Crippen molar-refractivity contribution in [3.63, 3.8) is 0 Å². The van der Waals surface area contributed by atoms with Crippen LogP contribution >= 0.6 is 34.7 Å². The average molecular weight is 977 g/mol. The van der Waals surface area contributed by atoms with E-state index in [4.69, 9.17) is 23.1 Å². The number of aryl methyl sites for hydroxylation is 1. The van der Waals surface area contributed by atoms with Gasteiger partial charge in [-0.15, -0.1) is 11.3 Å². The third-order valence-corrected chi connectivity index (χ3v) is 14.5. The van der Waals surface area contributed by atoms with Crippen molar-refractivity contribution in [1.82, 2.24) is 35.8 Å². The molecule has 0 saturated carbocycles. The number of halogens is 1. The van der Waals surface area contributed by atoms with Gasteiger partial charge in [-0.05, 0) is 75.1 Å². The minimum Gasteiger partial charge on any atom is -0.391 e. The summed E-state index contributed by atoms with van der Waals surface area (Å²) in [6, 6.07) is 10.7. The zero-order chi connectivity index (χ0) is 48.6. The summed E-state index contributed by atoms with van der Waals surface area (Å²) in [5, 5.41) is 22.6. The van der Waals surface area contributed by atoms with E-state index in [1.54, 1.807) is 41.2 Å². The Morgan fingerprint density at radius 3 is 2.39 bits per heavy atom. The molecule has 4 unspecified atom stereocenters. The van der Waals surface area contributed by atoms with Crippen molar-refractivity contribution < 1.29 is 29.1 Å². The predicted octanol–water partition coefficient (Wildman–Crippen LogP) is 5.60. The molecule has 6 rings (SSSR count). The van der Waals surface area contributed by atoms with E-state index in [0.29, 0.717) is 34.3 Å². The van der Waals surface area contributed by atoms with Crippen LogP contribution in [0.4, 0.5) is 17.3 Å². The number of rotatable bonds is 17. The fraction of sp³-hybridized carbons (Fsp3) is 0.489. The summed E-state index contributed by atoms with van der Waals surface area (Å²) in [6.45, 7) is 13.0. The molecule has 67 heavy (non-hydrogen) atoms. The molecule has 0 radical (unpaired) electrons. The number of piperidine rings is 1. The van der Waals surface area contributed by atoms with Crippen LogP contribution in [0.3, 0.4) is 0 Å². The number of aromatic nitrogens is 3. The molecule has 9 N–H and O–H groups in total. The molecule has 2 aliphatic heterocycles. The van der Waals surface area contributed by atoms with Crippen LogP contribution in [0, 0.1) is 12.3 Å². The second-order valence-electron chi connectivity index (χ2n) is 18.7. The van der Waals surface area contributed by atoms with Gasteiger partial charge in [0.05, 0.1) is 45.1 Å². The molecule has 0 spiro atoms. The lowest BCUT2D eigenvalue weighted by atomic mass is 9.85. The van der Waals surface area contributed by atoms with Gasteiger partial charge in [0.25, 0.3) is 0 Å². The van der Waals surface area contributed by atoms with Crippen LogP contribution in [0.2, 0.25) is 5.02 Å². The van der Waals surface area contributed by atoms with E-state index in [1.165, 1.54) is 16.7 Å². The molecule has 2 aromatic heterocycles. The van der Waals surface area contributed by atoms with Crippen LogP contribution in [0.25, 0.3) is 10.4 Å². The third-order valence-electron chi connectivity index (χ3n) is 12.0. The summed E-state index contributed by atoms with van der Waals surface area (Å²) in [5.74, 6) is -1.35. The number of hydrogen-bond donors (Lipinski definition) is 7. The first kappa shape index (κ1) is 51.1. The Kier molecular flexibility index (Phi) is 16.9. The second-order valence-corrected chi connectivity index (χ2v) is 21.0. The quantitative estimate of drug-likeness (QED) is 0.0504. The number of aliphatic hydroxyl groups excluding tert-OH is 1. The number of carbonyl (C=O) groups excluding carboxylic acids is 5. The fourth-order valence-corrected chi connectivity index (χ4v) is 9.85. The van der Waals surface area contributed by atoms with E-state index in [1.807, 2.05) is 65.8 Å². The maximum Gasteiger partial charge on any atom is 0.246 e. The highest BCUT2D eigenvalue weighted by atomic mass is 35.5. The highest BCUT2D eigenvalue weighted by molar-refractivity contribution is 7.99. The smallest absolute Gasteiger partial charge is 0.246 e. The molecule has 4 aromatic rings. The predicted molar refractivity (Wildman–Crippen MR) is 263 cm³/mol. The number of hydrogen-bond acceptors (Lipinski definition) is 14. The Labute approximate surface area is 405 Å². The number of anilines is 3. The lowest BCUT2D eigenvalue weighted by molar-refractivity contribution is -0.144. The van der Waals surface area contributed by atoms with E-state index >= 15 is 0 Å². The van der Waals surface area contributed by atoms with Gasteiger partial charge in [0.2, 0.25) is 29.5 Å². The number of nitrogens with one attached hydrogen (secondary N) is 4. The number of unbranched alkanes of at least 4 members (excludes halogenated alkanes) is 1. The molecule has 4 atom stereocenters. The molecule has 2 aliphatic rings. The molecule has 0 bridgehead atoms. The molecule has 0 aliphatic carbocycles. The summed E-state index contributed by atoms with van der Waals surface area (Å²) in [4.78, 5) is 85.0. The van der Waals surface area contributed by atoms with E-state index in [0.717, 1.165) is 47.6 Å². The lowest BCUT2D eigenvalue weighted by Crippen LogP contribution is -2.57. The van der Waals surface area contributed by atoms with Gasteiger partial charge in [0.15, 0.2) is 5.82 Å². The van der Waals surface area contributed by atoms with Gasteiger partial charge in [-0.1, -0.05) is 74.5 Å². The van der Waals surface area contributed by atoms with Gasteiger partial charge in [-0.25, -0.2) is 15.0 Å². The number of benzene rings is 2. The Morgan fingerprint density at radius 1 is 1.01 bits per heavy atom. The number of thiazole rings is 1. The average Bonchev–Trinajstić information content (AvgIpc) is 3.89. The van der Waals surface area contributed by atoms with Gasteiger partial charge >= 0.3 is 0 Å². The van der Waals surface area contributed by atoms with Crippen LogP contribution in [0.15, 0.2) is 64.1 Å². The molecule has 2 fully saturated rings. The zero-order valence-electron chi connectivity index (χ0n) is 38.9. The Hall–Kier alpha value is -5.34. The van der Waals surface area contributed by atoms with Crippen LogP contribution in [-0.4, -0.2) is 104 Å². The second kappa shape index (κ2) is 22.2. The molecule has 360 valence electrons. The standard InChI is InChI=1S/C47H62ClN11O6S2/c1-27(29-13-15-30(16-14-29)40-28(2)53-26-66-40)54-43(64)33-22-31(60)25-59(33)45(65)41(46(3,4)5)57-36(61)12-7-8-19-51-37(62)23-38(63)55-32-10-9-11-34(39(32)48)67-44-42(49)56-35(24-52-44)58-20-17-47(6,50)18-21-58/h9-11,13-16,24,26-27,31,33,41,60H,7-8,12,17-23,25,50H2,1-6H3,(H2,49,56)(H,51,62)(H,54,64)(H,55,63)(H,57,61). The zero-order valence-corrected chi connectivity index (χ0v) is 41.2. The normalized spacial score (nSPS) is 17.9. The largest absolute Gasteiger partial charge is 0.391 e. The van der Waals surface area contributed by atoms with Gasteiger partial charge in [-0.2, -0.15) is 0 Å². The molecular formula is C47H62ClN11O6S2. The van der Waals surface area contributed by atoms with Gasteiger partial charge in [-0.3, -0.25) is 24.0 Å². The SMILES string of the molecule is Cc1ncsc1-c1ccc(C(C)NC(=O)C2CC(O)CN2C(=O)C(NC(=O)CCCCNC(=O)CC(=O)Nc2cccc(Sc3ncc(N4CCC(C)(N)CC4)nc3N)c2Cl)C(C)(C)C)cc1. The minimum atomic E-state index is -0.973. The van der Waals surface area contributed by atoms with Crippen molar-refractivity contribution in [1.29, 1.82) is 0 Å². The summed E-state index contributed by atoms with van der Waals surface area (Å²) in [6.07, 6.45) is 2.96. The summed E-state index contributed by atoms with van der Waals surface area (Å²) >= 11 is 9.45. The van der Waals surface area contributed by atoms with Crippen LogP contribution in [0.1, 0.15) is 96.9 Å². The molecule has 2 saturated heterocycles. The van der Waals surface area contributed by atoms with E-state index in [-0.39, 0.29) is 60.2 Å². The topological polar surface area (TPSA) is 251 Å². The van der Waals surface area contributed by atoms with Crippen molar-refractivity contribution in [3.05, 3.63) is 70.5 Å². The molecule has 2 aromatic carbocycles. The first-order valence-electron chi connectivity index (χ1n) is 22.5. The van der Waals surface area contributed by atoms with Crippen molar-refractivity contribution in [2.75, 3.05) is 42.1 Å². The third kappa shape index (κ3) is 13.6. The maximum atomic E-state index is 14.1. The van der Waals surface area contributed by atoms with Crippen LogP contribution < -0.4 is 37.6 Å². The Bertz CT molecular complexity index is 2420. The summed E-state index contributed by atoms with van der Waals surface area (Å²) in [7, 11) is 0. The molecule has 20 heteroatoms. The summed E-state index contributed by atoms with van der Waals surface area (Å²) in [5.41, 5.74) is 16.6. The van der Waals surface area contributed by atoms with Crippen molar-refractivity contribution in [2.45, 2.75) is 126 Å². The number of nitrogens with two attached hydrogens (primary N) is 2. The van der Waals surface area contributed by atoms with Crippen LogP contribution in [-0.2, 0) is 24.0 Å². The number of likely N-dealkylation sites (tertiary alicyclic amines) is 1. The monoisotopic (exact) mass is 975 g/mol. The lowest BCUT2D eigenvalue weighted by Gasteiger charge is -2.37. The summed E-state index contributed by atoms with van der Waals surface area (Å²) < 4.78 is 0. The van der Waals surface area contributed by atoms with Gasteiger partial charge in [0.1, 0.15) is 29.3 Å². The molecule has 4 heterocycles. The van der Waals surface area contributed by atoms with E-state index in [2.05, 4.69) is 41.1 Å². The van der Waals surface area contributed by atoms with Crippen molar-refractivity contribution in [3.8, 4) is 10.4 Å². The molecule has 5 amide bonds. The maximum absolute atomic E-state index is 14.1. The number of nitrogen functional groups attached to an aromatic ring is 1. The number of amides is 5. The van der Waals surface area contributed by atoms with Crippen molar-refractivity contribution >= 4 is 81.6 Å². The van der Waals surface area contributed by atoms with Gasteiger partial charge < -0.3 is 47.6 Å². The first-order chi connectivity index (χ1) is 31.7. The van der Waals surface area contributed by atoms with Crippen LogP contribution in [0.5, 0.6) is 0 Å². The van der Waals surface area contributed by atoms with Gasteiger partial charge in [0, 0.05) is 49.5 Å².